The molecule has 0 unspecified atom stereocenters. The van der Waals surface area contributed by atoms with E-state index in [1.807, 2.05) is 10.9 Å². The molecule has 3 aromatic rings. The van der Waals surface area contributed by atoms with Crippen LogP contribution in [0.1, 0.15) is 48.9 Å². The highest BCUT2D eigenvalue weighted by Crippen LogP contribution is 2.22. The van der Waals surface area contributed by atoms with Crippen LogP contribution in [0.2, 0.25) is 0 Å². The fourth-order valence-electron chi connectivity index (χ4n) is 3.92. The van der Waals surface area contributed by atoms with E-state index in [2.05, 4.69) is 66.8 Å². The Morgan fingerprint density at radius 1 is 0.966 bits per heavy atom. The third kappa shape index (κ3) is 5.21. The van der Waals surface area contributed by atoms with Gasteiger partial charge in [0, 0.05) is 12.1 Å². The summed E-state index contributed by atoms with van der Waals surface area (Å²) in [6.45, 7) is 4.56. The number of nitrogens with one attached hydrogen (secondary N) is 1. The lowest BCUT2D eigenvalue weighted by Crippen LogP contribution is -2.17. The summed E-state index contributed by atoms with van der Waals surface area (Å²) in [5, 5.41) is 13.3. The predicted molar refractivity (Wildman–Crippen MR) is 119 cm³/mol. The number of rotatable bonds is 8. The monoisotopic (exact) mass is 386 g/mol. The number of aryl methyl sites for hydroxylation is 1. The first kappa shape index (κ1) is 19.6. The maximum Gasteiger partial charge on any atom is 0.117 e. The van der Waals surface area contributed by atoms with Gasteiger partial charge in [0.1, 0.15) is 11.4 Å². The van der Waals surface area contributed by atoms with E-state index in [0.29, 0.717) is 6.54 Å². The van der Waals surface area contributed by atoms with Crippen molar-refractivity contribution in [3.63, 3.8) is 0 Å². The normalized spacial score (nSPS) is 14.0. The van der Waals surface area contributed by atoms with E-state index in [0.717, 1.165) is 36.5 Å². The van der Waals surface area contributed by atoms with Gasteiger partial charge < -0.3 is 5.32 Å². The van der Waals surface area contributed by atoms with Gasteiger partial charge in [-0.3, -0.25) is 0 Å². The Kier molecular flexibility index (Phi) is 6.52. The van der Waals surface area contributed by atoms with Gasteiger partial charge >= 0.3 is 0 Å². The number of hydrogen-bond donors (Lipinski definition) is 1. The van der Waals surface area contributed by atoms with Crippen molar-refractivity contribution in [3.05, 3.63) is 83.1 Å². The molecule has 0 saturated heterocycles. The first-order valence-corrected chi connectivity index (χ1v) is 10.7. The van der Waals surface area contributed by atoms with Gasteiger partial charge in [0.2, 0.25) is 0 Å². The van der Waals surface area contributed by atoms with Gasteiger partial charge in [-0.1, -0.05) is 66.2 Å². The molecule has 1 aromatic heterocycles. The van der Waals surface area contributed by atoms with Crippen LogP contribution in [0.5, 0.6) is 0 Å². The highest BCUT2D eigenvalue weighted by atomic mass is 15.5. The summed E-state index contributed by atoms with van der Waals surface area (Å²) >= 11 is 0. The van der Waals surface area contributed by atoms with E-state index in [9.17, 15) is 0 Å². The second-order valence-electron chi connectivity index (χ2n) is 7.85. The number of nitrogens with zero attached hydrogens (tertiary/aromatic N) is 3. The zero-order valence-corrected chi connectivity index (χ0v) is 17.3. The number of hydrogen-bond acceptors (Lipinski definition) is 3. The van der Waals surface area contributed by atoms with Crippen molar-refractivity contribution in [3.8, 4) is 11.3 Å². The summed E-state index contributed by atoms with van der Waals surface area (Å²) in [7, 11) is 0. The minimum atomic E-state index is 0.694. The second-order valence-corrected chi connectivity index (χ2v) is 7.85. The fraction of sp³-hybridized carbons (Fsp3) is 0.360. The van der Waals surface area contributed by atoms with E-state index in [1.54, 1.807) is 5.57 Å². The summed E-state index contributed by atoms with van der Waals surface area (Å²) in [5.74, 6) is 0. The Morgan fingerprint density at radius 2 is 1.79 bits per heavy atom. The maximum atomic E-state index is 4.84. The summed E-state index contributed by atoms with van der Waals surface area (Å²) < 4.78 is 0. The lowest BCUT2D eigenvalue weighted by molar-refractivity contribution is 0.573. The zero-order valence-electron chi connectivity index (χ0n) is 17.3. The molecule has 1 N–H and O–H groups in total. The largest absolute Gasteiger partial charge is 0.311 e. The molecule has 1 heterocycles. The van der Waals surface area contributed by atoms with E-state index in [4.69, 9.17) is 10.2 Å². The van der Waals surface area contributed by atoms with Crippen LogP contribution in [-0.4, -0.2) is 21.5 Å². The average Bonchev–Trinajstić information content (AvgIpc) is 3.17. The van der Waals surface area contributed by atoms with Gasteiger partial charge in [-0.05, 0) is 56.7 Å². The number of allylic oxidation sites excluding steroid dienone is 1. The summed E-state index contributed by atoms with van der Waals surface area (Å²) in [6.07, 6.45) is 8.78. The van der Waals surface area contributed by atoms with Crippen LogP contribution in [0.3, 0.4) is 0 Å². The van der Waals surface area contributed by atoms with Gasteiger partial charge in [0.15, 0.2) is 0 Å². The number of aromatic nitrogens is 3. The summed E-state index contributed by atoms with van der Waals surface area (Å²) in [5.41, 5.74) is 7.24. The van der Waals surface area contributed by atoms with Crippen LogP contribution in [0.4, 0.5) is 0 Å². The smallest absolute Gasteiger partial charge is 0.117 e. The molecule has 4 nitrogen and oxygen atoms in total. The van der Waals surface area contributed by atoms with Crippen molar-refractivity contribution in [1.29, 1.82) is 0 Å². The molecule has 0 radical (unpaired) electrons. The van der Waals surface area contributed by atoms with Gasteiger partial charge in [-0.15, -0.1) is 0 Å². The lowest BCUT2D eigenvalue weighted by Gasteiger charge is -2.12. The maximum absolute atomic E-state index is 4.84. The molecular weight excluding hydrogens is 356 g/mol. The molecule has 0 bridgehead atoms. The van der Waals surface area contributed by atoms with Crippen LogP contribution in [0.25, 0.3) is 11.3 Å². The van der Waals surface area contributed by atoms with Gasteiger partial charge in [-0.2, -0.15) is 15.0 Å². The Labute approximate surface area is 173 Å². The van der Waals surface area contributed by atoms with Crippen LogP contribution in [0.15, 0.2) is 66.2 Å². The van der Waals surface area contributed by atoms with Crippen molar-refractivity contribution < 1.29 is 0 Å². The molecule has 4 heteroatoms. The molecule has 2 aromatic carbocycles. The minimum absolute atomic E-state index is 0.694. The molecule has 0 spiro atoms. The molecule has 1 aliphatic rings. The quantitative estimate of drug-likeness (QED) is 0.423. The first-order valence-electron chi connectivity index (χ1n) is 10.7. The highest BCUT2D eigenvalue weighted by molar-refractivity contribution is 5.60. The third-order valence-electron chi connectivity index (χ3n) is 5.65. The predicted octanol–water partition coefficient (Wildman–Crippen LogP) is 5.28. The van der Waals surface area contributed by atoms with Crippen LogP contribution < -0.4 is 5.32 Å². The molecule has 0 aliphatic heterocycles. The zero-order chi connectivity index (χ0) is 19.9. The second kappa shape index (κ2) is 9.66. The Bertz CT molecular complexity index is 956. The van der Waals surface area contributed by atoms with E-state index in [1.165, 1.54) is 36.8 Å². The van der Waals surface area contributed by atoms with Crippen molar-refractivity contribution >= 4 is 0 Å². The molecule has 0 amide bonds. The van der Waals surface area contributed by atoms with E-state index >= 15 is 0 Å². The minimum Gasteiger partial charge on any atom is -0.311 e. The Balaban J connectivity index is 1.47. The van der Waals surface area contributed by atoms with Crippen LogP contribution in [0, 0.1) is 6.92 Å². The van der Waals surface area contributed by atoms with E-state index in [-0.39, 0.29) is 0 Å². The molecule has 0 saturated carbocycles. The lowest BCUT2D eigenvalue weighted by atomic mass is 9.97. The summed E-state index contributed by atoms with van der Waals surface area (Å²) in [6, 6.07) is 18.8. The van der Waals surface area contributed by atoms with Crippen molar-refractivity contribution in [2.24, 2.45) is 0 Å². The first-order chi connectivity index (χ1) is 14.3. The van der Waals surface area contributed by atoms with Crippen molar-refractivity contribution in [2.45, 2.75) is 52.1 Å². The highest BCUT2D eigenvalue weighted by Gasteiger charge is 2.14. The Morgan fingerprint density at radius 3 is 2.59 bits per heavy atom. The Hall–Kier alpha value is -2.72. The standard InChI is InChI=1S/C25H30N4/c1-20-10-8-9-15-23(20)19-29-27-24(25(28-29)22-13-6-3-7-14-22)18-26-17-16-21-11-4-2-5-12-21/h3,6-11,13-15,26H,2,4-5,12,16-19H2,1H3. The topological polar surface area (TPSA) is 42.7 Å². The van der Waals surface area contributed by atoms with Crippen LogP contribution in [-0.2, 0) is 13.1 Å². The SMILES string of the molecule is Cc1ccccc1Cn1nc(CNCCC2=CCCCC2)c(-c2ccccc2)n1. The van der Waals surface area contributed by atoms with Gasteiger partial charge in [0.05, 0.1) is 6.54 Å². The van der Waals surface area contributed by atoms with Gasteiger partial charge in [0.25, 0.3) is 0 Å². The molecule has 0 atom stereocenters. The fourth-order valence-corrected chi connectivity index (χ4v) is 3.92. The number of benzene rings is 2. The molecule has 1 aliphatic carbocycles. The van der Waals surface area contributed by atoms with Crippen molar-refractivity contribution in [1.82, 2.24) is 20.3 Å². The molecule has 150 valence electrons. The molecule has 29 heavy (non-hydrogen) atoms. The molecule has 0 fully saturated rings. The van der Waals surface area contributed by atoms with Gasteiger partial charge in [-0.25, -0.2) is 0 Å². The summed E-state index contributed by atoms with van der Waals surface area (Å²) in [4.78, 5) is 1.84. The van der Waals surface area contributed by atoms with Crippen LogP contribution >= 0.6 is 0 Å². The molecule has 4 rings (SSSR count). The molecular formula is C25H30N4. The van der Waals surface area contributed by atoms with E-state index < -0.39 is 0 Å². The third-order valence-corrected chi connectivity index (χ3v) is 5.65. The average molecular weight is 387 g/mol. The van der Waals surface area contributed by atoms with Crippen molar-refractivity contribution in [2.75, 3.05) is 6.54 Å².